The number of hydrogen-bond donors (Lipinski definition) is 2. The van der Waals surface area contributed by atoms with E-state index in [0.717, 1.165) is 23.8 Å². The molecule has 0 spiro atoms. The van der Waals surface area contributed by atoms with Gasteiger partial charge in [-0.1, -0.05) is 42.5 Å². The number of fused-ring (bicyclic) bond motifs is 1. The lowest BCUT2D eigenvalue weighted by Gasteiger charge is -2.24. The predicted octanol–water partition coefficient (Wildman–Crippen LogP) is 3.31. The van der Waals surface area contributed by atoms with Crippen molar-refractivity contribution < 1.29 is 9.90 Å². The second-order valence-electron chi connectivity index (χ2n) is 6.52. The molecule has 0 heterocycles. The maximum Gasteiger partial charge on any atom is 0.317 e. The molecule has 4 heteroatoms. The molecule has 1 fully saturated rings. The largest absolute Gasteiger partial charge is 0.391 e. The second kappa shape index (κ2) is 6.59. The molecule has 0 aromatic heterocycles. The molecular formula is C19H24N2O2. The molecular weight excluding hydrogens is 288 g/mol. The van der Waals surface area contributed by atoms with Crippen LogP contribution in [0.3, 0.4) is 0 Å². The van der Waals surface area contributed by atoms with Crippen LogP contribution in [0, 0.1) is 5.92 Å². The summed E-state index contributed by atoms with van der Waals surface area (Å²) in [6.07, 6.45) is 1.74. The van der Waals surface area contributed by atoms with Crippen LogP contribution in [0.2, 0.25) is 0 Å². The summed E-state index contributed by atoms with van der Waals surface area (Å²) < 4.78 is 0. The Bertz CT molecular complexity index is 691. The minimum atomic E-state index is -0.404. The summed E-state index contributed by atoms with van der Waals surface area (Å²) in [4.78, 5) is 13.9. The van der Waals surface area contributed by atoms with Crippen LogP contribution in [0.25, 0.3) is 10.8 Å². The molecule has 2 aromatic rings. The third-order valence-corrected chi connectivity index (χ3v) is 4.60. The Morgan fingerprint density at radius 2 is 1.96 bits per heavy atom. The second-order valence-corrected chi connectivity index (χ2v) is 6.52. The average Bonchev–Trinajstić information content (AvgIpc) is 3.39. The van der Waals surface area contributed by atoms with E-state index in [2.05, 4.69) is 23.5 Å². The number of rotatable bonds is 5. The van der Waals surface area contributed by atoms with Gasteiger partial charge in [-0.15, -0.1) is 0 Å². The summed E-state index contributed by atoms with van der Waals surface area (Å²) in [6, 6.07) is 14.1. The number of hydrogen-bond acceptors (Lipinski definition) is 2. The molecule has 122 valence electrons. The third kappa shape index (κ3) is 3.64. The smallest absolute Gasteiger partial charge is 0.317 e. The highest BCUT2D eigenvalue weighted by atomic mass is 16.3. The highest BCUT2D eigenvalue weighted by Gasteiger charge is 2.31. The molecule has 23 heavy (non-hydrogen) atoms. The number of urea groups is 1. The van der Waals surface area contributed by atoms with Crippen LogP contribution >= 0.6 is 0 Å². The van der Waals surface area contributed by atoms with Gasteiger partial charge in [0, 0.05) is 13.6 Å². The molecule has 2 N–H and O–H groups in total. The number of nitrogens with one attached hydrogen (secondary N) is 1. The average molecular weight is 312 g/mol. The molecule has 0 radical (unpaired) electrons. The number of benzene rings is 2. The van der Waals surface area contributed by atoms with Crippen molar-refractivity contribution in [3.8, 4) is 0 Å². The third-order valence-electron chi connectivity index (χ3n) is 4.60. The monoisotopic (exact) mass is 312 g/mol. The van der Waals surface area contributed by atoms with Gasteiger partial charge in [-0.3, -0.25) is 0 Å². The first kappa shape index (κ1) is 15.8. The number of carbonyl (C=O) groups excluding carboxylic acids is 1. The van der Waals surface area contributed by atoms with Crippen LogP contribution in [0.1, 0.15) is 31.4 Å². The van der Waals surface area contributed by atoms with Gasteiger partial charge < -0.3 is 15.3 Å². The lowest BCUT2D eigenvalue weighted by Crippen LogP contribution is -2.42. The molecule has 0 saturated heterocycles. The minimum absolute atomic E-state index is 0.0888. The van der Waals surface area contributed by atoms with Gasteiger partial charge in [-0.05, 0) is 42.0 Å². The zero-order chi connectivity index (χ0) is 16.4. The van der Waals surface area contributed by atoms with E-state index in [1.165, 1.54) is 5.39 Å². The summed E-state index contributed by atoms with van der Waals surface area (Å²) >= 11 is 0. The fraction of sp³-hybridized carbons (Fsp3) is 0.421. The van der Waals surface area contributed by atoms with Crippen molar-refractivity contribution in [2.24, 2.45) is 5.92 Å². The molecule has 4 nitrogen and oxygen atoms in total. The van der Waals surface area contributed by atoms with E-state index < -0.39 is 6.10 Å². The van der Waals surface area contributed by atoms with Crippen molar-refractivity contribution in [3.63, 3.8) is 0 Å². The summed E-state index contributed by atoms with van der Waals surface area (Å²) in [5.74, 6) is 0.376. The van der Waals surface area contributed by atoms with Gasteiger partial charge >= 0.3 is 6.03 Å². The molecule has 2 aromatic carbocycles. The van der Waals surface area contributed by atoms with E-state index in [9.17, 15) is 9.90 Å². The normalized spacial score (nSPS) is 16.8. The summed E-state index contributed by atoms with van der Waals surface area (Å²) in [7, 11) is 1.73. The number of carbonyl (C=O) groups is 1. The van der Waals surface area contributed by atoms with E-state index in [-0.39, 0.29) is 12.1 Å². The maximum atomic E-state index is 12.3. The van der Waals surface area contributed by atoms with Crippen molar-refractivity contribution in [2.75, 3.05) is 13.6 Å². The maximum absolute atomic E-state index is 12.3. The van der Waals surface area contributed by atoms with Gasteiger partial charge in [-0.2, -0.15) is 0 Å². The molecule has 1 saturated carbocycles. The lowest BCUT2D eigenvalue weighted by molar-refractivity contribution is 0.113. The molecule has 2 amide bonds. The van der Waals surface area contributed by atoms with Gasteiger partial charge in [0.1, 0.15) is 0 Å². The van der Waals surface area contributed by atoms with Gasteiger partial charge in [0.2, 0.25) is 0 Å². The Morgan fingerprint density at radius 3 is 2.70 bits per heavy atom. The Labute approximate surface area is 137 Å². The van der Waals surface area contributed by atoms with E-state index in [1.54, 1.807) is 11.9 Å². The Morgan fingerprint density at radius 1 is 1.26 bits per heavy atom. The van der Waals surface area contributed by atoms with Crippen molar-refractivity contribution in [1.82, 2.24) is 10.2 Å². The first-order valence-corrected chi connectivity index (χ1v) is 8.23. The molecule has 3 rings (SSSR count). The molecule has 1 aliphatic rings. The van der Waals surface area contributed by atoms with E-state index in [1.807, 2.05) is 31.2 Å². The highest BCUT2D eigenvalue weighted by Crippen LogP contribution is 2.32. The number of aliphatic hydroxyl groups excluding tert-OH is 1. The SMILES string of the molecule is CC(NC(=O)N(C)CC(O)C1CC1)c1cccc2ccccc12. The van der Waals surface area contributed by atoms with Gasteiger partial charge in [0.25, 0.3) is 0 Å². The van der Waals surface area contributed by atoms with Gasteiger partial charge in [0.05, 0.1) is 12.1 Å². The van der Waals surface area contributed by atoms with Gasteiger partial charge in [-0.25, -0.2) is 4.79 Å². The number of amides is 2. The summed E-state index contributed by atoms with van der Waals surface area (Å²) in [5, 5.41) is 15.3. The molecule has 1 aliphatic carbocycles. The van der Waals surface area contributed by atoms with Crippen LogP contribution in [0.15, 0.2) is 42.5 Å². The summed E-state index contributed by atoms with van der Waals surface area (Å²) in [5.41, 5.74) is 1.10. The van der Waals surface area contributed by atoms with Crippen molar-refractivity contribution in [1.29, 1.82) is 0 Å². The number of aliphatic hydroxyl groups is 1. The van der Waals surface area contributed by atoms with Crippen molar-refractivity contribution in [3.05, 3.63) is 48.0 Å². The van der Waals surface area contributed by atoms with E-state index >= 15 is 0 Å². The molecule has 0 bridgehead atoms. The van der Waals surface area contributed by atoms with E-state index in [0.29, 0.717) is 12.5 Å². The fourth-order valence-corrected chi connectivity index (χ4v) is 2.99. The predicted molar refractivity (Wildman–Crippen MR) is 92.3 cm³/mol. The van der Waals surface area contributed by atoms with Crippen molar-refractivity contribution in [2.45, 2.75) is 31.9 Å². The van der Waals surface area contributed by atoms with Crippen LogP contribution in [0.4, 0.5) is 4.79 Å². The van der Waals surface area contributed by atoms with Gasteiger partial charge in [0.15, 0.2) is 0 Å². The number of likely N-dealkylation sites (N-methyl/N-ethyl adjacent to an activating group) is 1. The van der Waals surface area contributed by atoms with Crippen LogP contribution in [-0.4, -0.2) is 35.7 Å². The molecule has 2 unspecified atom stereocenters. The highest BCUT2D eigenvalue weighted by molar-refractivity contribution is 5.86. The topological polar surface area (TPSA) is 52.6 Å². The molecule has 2 atom stereocenters. The first-order chi connectivity index (χ1) is 11.1. The minimum Gasteiger partial charge on any atom is -0.391 e. The van der Waals surface area contributed by atoms with Crippen molar-refractivity contribution >= 4 is 16.8 Å². The van der Waals surface area contributed by atoms with E-state index in [4.69, 9.17) is 0 Å². The standard InChI is InChI=1S/C19H24N2O2/c1-13(16-9-5-7-14-6-3-4-8-17(14)16)20-19(23)21(2)12-18(22)15-10-11-15/h3-9,13,15,18,22H,10-12H2,1-2H3,(H,20,23). The Balaban J connectivity index is 1.67. The quantitative estimate of drug-likeness (QED) is 0.890. The zero-order valence-electron chi connectivity index (χ0n) is 13.7. The van der Waals surface area contributed by atoms with Crippen LogP contribution < -0.4 is 5.32 Å². The fourth-order valence-electron chi connectivity index (χ4n) is 2.99. The Hall–Kier alpha value is -2.07. The van der Waals surface area contributed by atoms with Crippen LogP contribution in [0.5, 0.6) is 0 Å². The first-order valence-electron chi connectivity index (χ1n) is 8.23. The zero-order valence-corrected chi connectivity index (χ0v) is 13.7. The summed E-state index contributed by atoms with van der Waals surface area (Å²) in [6.45, 7) is 2.38. The lowest BCUT2D eigenvalue weighted by atomic mass is 10.00. The molecule has 0 aliphatic heterocycles. The Kier molecular flexibility index (Phi) is 4.53. The number of nitrogens with zero attached hydrogens (tertiary/aromatic N) is 1. The van der Waals surface area contributed by atoms with Crippen LogP contribution in [-0.2, 0) is 0 Å².